The van der Waals surface area contributed by atoms with Gasteiger partial charge in [-0.15, -0.1) is 0 Å². The summed E-state index contributed by atoms with van der Waals surface area (Å²) >= 11 is 0. The van der Waals surface area contributed by atoms with Crippen molar-refractivity contribution in [2.45, 2.75) is 0 Å². The van der Waals surface area contributed by atoms with Gasteiger partial charge < -0.3 is 14.6 Å². The second kappa shape index (κ2) is 7.28. The van der Waals surface area contributed by atoms with Gasteiger partial charge in [0.2, 0.25) is 0 Å². The van der Waals surface area contributed by atoms with Crippen LogP contribution < -0.4 is 9.47 Å². The van der Waals surface area contributed by atoms with Crippen LogP contribution in [0.5, 0.6) is 11.5 Å². The number of hydrogen-bond acceptors (Lipinski definition) is 5. The number of rotatable bonds is 6. The second-order valence-corrected chi connectivity index (χ2v) is 4.78. The molecule has 124 valence electrons. The number of nitro benzene ring substituents is 1. The molecule has 0 unspecified atom stereocenters. The van der Waals surface area contributed by atoms with Crippen molar-refractivity contribution < 1.29 is 24.3 Å². The van der Waals surface area contributed by atoms with Crippen molar-refractivity contribution >= 4 is 23.3 Å². The predicted octanol–water partition coefficient (Wildman–Crippen LogP) is 3.24. The van der Waals surface area contributed by atoms with E-state index in [9.17, 15) is 20.0 Å². The Bertz CT molecular complexity index is 795. The van der Waals surface area contributed by atoms with Gasteiger partial charge in [0.05, 0.1) is 24.7 Å². The van der Waals surface area contributed by atoms with Crippen LogP contribution in [0, 0.1) is 10.1 Å². The zero-order valence-corrected chi connectivity index (χ0v) is 13.1. The molecule has 0 aliphatic rings. The Hall–Kier alpha value is -3.35. The number of nitrogens with zero attached hydrogens (tertiary/aromatic N) is 1. The van der Waals surface area contributed by atoms with Gasteiger partial charge in [-0.3, -0.25) is 10.1 Å². The van der Waals surface area contributed by atoms with E-state index in [2.05, 4.69) is 0 Å². The van der Waals surface area contributed by atoms with Gasteiger partial charge >= 0.3 is 5.97 Å². The fraction of sp³-hybridized carbons (Fsp3) is 0.118. The van der Waals surface area contributed by atoms with Crippen LogP contribution >= 0.6 is 0 Å². The van der Waals surface area contributed by atoms with E-state index in [4.69, 9.17) is 9.47 Å². The minimum Gasteiger partial charge on any atom is -0.493 e. The molecule has 2 aromatic rings. The van der Waals surface area contributed by atoms with Crippen molar-refractivity contribution in [1.29, 1.82) is 0 Å². The third-order valence-corrected chi connectivity index (χ3v) is 3.34. The molecule has 0 aliphatic carbocycles. The molecule has 0 saturated heterocycles. The van der Waals surface area contributed by atoms with E-state index in [-0.39, 0.29) is 11.3 Å². The van der Waals surface area contributed by atoms with Gasteiger partial charge in [-0.2, -0.15) is 0 Å². The van der Waals surface area contributed by atoms with Crippen LogP contribution in [0.15, 0.2) is 42.5 Å². The van der Waals surface area contributed by atoms with Crippen LogP contribution in [-0.4, -0.2) is 30.2 Å². The zero-order chi connectivity index (χ0) is 17.7. The normalized spacial score (nSPS) is 11.0. The third kappa shape index (κ3) is 3.70. The van der Waals surface area contributed by atoms with Gasteiger partial charge in [0.15, 0.2) is 11.5 Å². The number of nitro groups is 1. The highest BCUT2D eigenvalue weighted by Gasteiger charge is 2.14. The summed E-state index contributed by atoms with van der Waals surface area (Å²) in [5, 5.41) is 20.1. The number of carboxylic acid groups (broad SMARTS) is 1. The molecule has 24 heavy (non-hydrogen) atoms. The largest absolute Gasteiger partial charge is 0.493 e. The molecule has 0 radical (unpaired) electrons. The number of aliphatic carboxylic acids is 1. The first-order valence-electron chi connectivity index (χ1n) is 6.88. The molecule has 0 saturated carbocycles. The summed E-state index contributed by atoms with van der Waals surface area (Å²) in [5.74, 6) is -0.229. The minimum atomic E-state index is -1.12. The van der Waals surface area contributed by atoms with Crippen molar-refractivity contribution in [1.82, 2.24) is 0 Å². The molecule has 0 bridgehead atoms. The number of ether oxygens (including phenoxy) is 2. The molecular formula is C17H15NO6. The van der Waals surface area contributed by atoms with E-state index >= 15 is 0 Å². The smallest absolute Gasteiger partial charge is 0.336 e. The summed E-state index contributed by atoms with van der Waals surface area (Å²) in [6.07, 6.45) is 1.44. The van der Waals surface area contributed by atoms with E-state index in [0.717, 1.165) is 0 Å². The Morgan fingerprint density at radius 3 is 2.21 bits per heavy atom. The molecule has 0 spiro atoms. The van der Waals surface area contributed by atoms with Crippen LogP contribution in [0.25, 0.3) is 11.6 Å². The first-order chi connectivity index (χ1) is 11.5. The zero-order valence-electron chi connectivity index (χ0n) is 13.1. The number of methoxy groups -OCH3 is 2. The number of carbonyl (C=O) groups is 1. The fourth-order valence-corrected chi connectivity index (χ4v) is 2.13. The summed E-state index contributed by atoms with van der Waals surface area (Å²) in [6, 6.07) is 10.4. The molecule has 7 nitrogen and oxygen atoms in total. The maximum absolute atomic E-state index is 11.6. The van der Waals surface area contributed by atoms with E-state index in [1.54, 1.807) is 18.2 Å². The van der Waals surface area contributed by atoms with Crippen LogP contribution in [0.2, 0.25) is 0 Å². The summed E-state index contributed by atoms with van der Waals surface area (Å²) in [5.41, 5.74) is 0.936. The average Bonchev–Trinajstić information content (AvgIpc) is 2.59. The fourth-order valence-electron chi connectivity index (χ4n) is 2.13. The molecule has 0 heterocycles. The van der Waals surface area contributed by atoms with Gasteiger partial charge in [0, 0.05) is 12.1 Å². The Balaban J connectivity index is 2.46. The molecular weight excluding hydrogens is 314 g/mol. The Labute approximate surface area is 137 Å². The molecule has 2 aromatic carbocycles. The monoisotopic (exact) mass is 329 g/mol. The van der Waals surface area contributed by atoms with E-state index < -0.39 is 10.9 Å². The Kier molecular flexibility index (Phi) is 5.16. The number of carboxylic acids is 1. The summed E-state index contributed by atoms with van der Waals surface area (Å²) in [6.45, 7) is 0. The predicted molar refractivity (Wildman–Crippen MR) is 88.1 cm³/mol. The molecule has 0 atom stereocenters. The SMILES string of the molecule is COc1ccc(/C(=C/c2ccc([N+](=O)[O-])cc2)C(=O)O)cc1OC. The Morgan fingerprint density at radius 2 is 1.71 bits per heavy atom. The first kappa shape index (κ1) is 17.0. The standard InChI is InChI=1S/C17H15NO6/c1-23-15-8-5-12(10-16(15)24-2)14(17(19)20)9-11-3-6-13(7-4-11)18(21)22/h3-10H,1-2H3,(H,19,20)/b14-9-. The summed E-state index contributed by atoms with van der Waals surface area (Å²) < 4.78 is 10.3. The molecule has 2 rings (SSSR count). The first-order valence-corrected chi connectivity index (χ1v) is 6.88. The highest BCUT2D eigenvalue weighted by atomic mass is 16.6. The lowest BCUT2D eigenvalue weighted by Gasteiger charge is -2.10. The van der Waals surface area contributed by atoms with E-state index in [1.807, 2.05) is 0 Å². The Morgan fingerprint density at radius 1 is 1.08 bits per heavy atom. The van der Waals surface area contributed by atoms with Crippen molar-refractivity contribution in [3.05, 3.63) is 63.7 Å². The maximum atomic E-state index is 11.6. The highest BCUT2D eigenvalue weighted by molar-refractivity contribution is 6.20. The number of hydrogen-bond donors (Lipinski definition) is 1. The maximum Gasteiger partial charge on any atom is 0.336 e. The molecule has 7 heteroatoms. The van der Waals surface area contributed by atoms with Crippen molar-refractivity contribution in [3.63, 3.8) is 0 Å². The summed E-state index contributed by atoms with van der Waals surface area (Å²) in [4.78, 5) is 21.7. The van der Waals surface area contributed by atoms with E-state index in [1.165, 1.54) is 44.6 Å². The van der Waals surface area contributed by atoms with Gasteiger partial charge in [-0.05, 0) is 41.5 Å². The lowest BCUT2D eigenvalue weighted by atomic mass is 10.0. The topological polar surface area (TPSA) is 98.9 Å². The minimum absolute atomic E-state index is 0.0322. The van der Waals surface area contributed by atoms with Crippen LogP contribution in [0.3, 0.4) is 0 Å². The van der Waals surface area contributed by atoms with Crippen molar-refractivity contribution in [2.24, 2.45) is 0 Å². The number of non-ortho nitro benzene ring substituents is 1. The third-order valence-electron chi connectivity index (χ3n) is 3.34. The lowest BCUT2D eigenvalue weighted by Crippen LogP contribution is -2.01. The van der Waals surface area contributed by atoms with Crippen LogP contribution in [0.1, 0.15) is 11.1 Å². The number of benzene rings is 2. The van der Waals surface area contributed by atoms with Crippen LogP contribution in [-0.2, 0) is 4.79 Å². The molecule has 0 aliphatic heterocycles. The van der Waals surface area contributed by atoms with E-state index in [0.29, 0.717) is 22.6 Å². The second-order valence-electron chi connectivity index (χ2n) is 4.78. The lowest BCUT2D eigenvalue weighted by molar-refractivity contribution is -0.384. The van der Waals surface area contributed by atoms with Gasteiger partial charge in [-0.1, -0.05) is 6.07 Å². The van der Waals surface area contributed by atoms with Crippen molar-refractivity contribution in [3.8, 4) is 11.5 Å². The van der Waals surface area contributed by atoms with Gasteiger partial charge in [0.25, 0.3) is 5.69 Å². The molecule has 0 amide bonds. The summed E-state index contributed by atoms with van der Waals surface area (Å²) in [7, 11) is 2.95. The highest BCUT2D eigenvalue weighted by Crippen LogP contribution is 2.31. The van der Waals surface area contributed by atoms with Gasteiger partial charge in [0.1, 0.15) is 0 Å². The van der Waals surface area contributed by atoms with Crippen molar-refractivity contribution in [2.75, 3.05) is 14.2 Å². The van der Waals surface area contributed by atoms with Crippen LogP contribution in [0.4, 0.5) is 5.69 Å². The quantitative estimate of drug-likeness (QED) is 0.378. The average molecular weight is 329 g/mol. The molecule has 1 N–H and O–H groups in total. The molecule has 0 fully saturated rings. The van der Waals surface area contributed by atoms with Gasteiger partial charge in [-0.25, -0.2) is 4.79 Å². The molecule has 0 aromatic heterocycles.